The zero-order valence-corrected chi connectivity index (χ0v) is 17.0. The molecule has 0 fully saturated rings. The van der Waals surface area contributed by atoms with Crippen molar-refractivity contribution in [2.75, 3.05) is 32.1 Å². The van der Waals surface area contributed by atoms with Crippen LogP contribution in [0.3, 0.4) is 0 Å². The zero-order chi connectivity index (χ0) is 20.0. The van der Waals surface area contributed by atoms with E-state index in [2.05, 4.69) is 15.6 Å². The third kappa shape index (κ3) is 7.47. The molecule has 0 aliphatic heterocycles. The Kier molecular flexibility index (Phi) is 9.69. The Hall–Kier alpha value is -2.76. The standard InChI is InChI=1S/C22H32N4O2/c1-3-23-22(27)26(18-19-12-6-7-13-20(19)28-2)17-11-5-4-9-15-24-21-14-8-10-16-25-21/h6-8,10,12-14,16H,3-5,9,11,15,17-18H2,1-2H3,(H,23,27)(H,24,25). The molecule has 0 bridgehead atoms. The van der Waals surface area contributed by atoms with Gasteiger partial charge in [-0.15, -0.1) is 0 Å². The molecule has 6 heteroatoms. The molecule has 152 valence electrons. The van der Waals surface area contributed by atoms with Gasteiger partial charge in [0.2, 0.25) is 0 Å². The fraction of sp³-hybridized carbons (Fsp3) is 0.455. The van der Waals surface area contributed by atoms with Crippen molar-refractivity contribution in [1.29, 1.82) is 0 Å². The van der Waals surface area contributed by atoms with Crippen LogP contribution in [0.2, 0.25) is 0 Å². The van der Waals surface area contributed by atoms with Gasteiger partial charge < -0.3 is 20.3 Å². The molecule has 0 radical (unpaired) electrons. The van der Waals surface area contributed by atoms with E-state index >= 15 is 0 Å². The number of benzene rings is 1. The number of unbranched alkanes of at least 4 members (excludes halogenated alkanes) is 3. The van der Waals surface area contributed by atoms with Crippen LogP contribution in [0.25, 0.3) is 0 Å². The lowest BCUT2D eigenvalue weighted by atomic mass is 10.1. The van der Waals surface area contributed by atoms with Crippen molar-refractivity contribution in [2.45, 2.75) is 39.2 Å². The number of nitrogens with one attached hydrogen (secondary N) is 2. The monoisotopic (exact) mass is 384 g/mol. The van der Waals surface area contributed by atoms with Gasteiger partial charge in [0.1, 0.15) is 11.6 Å². The predicted molar refractivity (Wildman–Crippen MR) is 114 cm³/mol. The van der Waals surface area contributed by atoms with Crippen molar-refractivity contribution in [2.24, 2.45) is 0 Å². The zero-order valence-electron chi connectivity index (χ0n) is 17.0. The summed E-state index contributed by atoms with van der Waals surface area (Å²) in [6, 6.07) is 13.7. The highest BCUT2D eigenvalue weighted by atomic mass is 16.5. The number of pyridine rings is 1. The molecule has 6 nitrogen and oxygen atoms in total. The summed E-state index contributed by atoms with van der Waals surface area (Å²) >= 11 is 0. The maximum atomic E-state index is 12.4. The second-order valence-corrected chi connectivity index (χ2v) is 6.62. The van der Waals surface area contributed by atoms with Gasteiger partial charge in [-0.25, -0.2) is 9.78 Å². The number of hydrogen-bond donors (Lipinski definition) is 2. The second kappa shape index (κ2) is 12.6. The van der Waals surface area contributed by atoms with Gasteiger partial charge in [0.15, 0.2) is 0 Å². The van der Waals surface area contributed by atoms with Crippen LogP contribution in [0, 0.1) is 0 Å². The van der Waals surface area contributed by atoms with Crippen molar-refractivity contribution in [3.05, 3.63) is 54.2 Å². The van der Waals surface area contributed by atoms with Crippen molar-refractivity contribution < 1.29 is 9.53 Å². The van der Waals surface area contributed by atoms with E-state index in [1.807, 2.05) is 54.3 Å². The molecule has 0 spiro atoms. The highest BCUT2D eigenvalue weighted by molar-refractivity contribution is 5.74. The highest BCUT2D eigenvalue weighted by Crippen LogP contribution is 2.19. The number of rotatable bonds is 12. The minimum absolute atomic E-state index is 0.0229. The Morgan fingerprint density at radius 2 is 1.86 bits per heavy atom. The van der Waals surface area contributed by atoms with Gasteiger partial charge in [-0.3, -0.25) is 0 Å². The number of hydrogen-bond acceptors (Lipinski definition) is 4. The normalized spacial score (nSPS) is 10.4. The van der Waals surface area contributed by atoms with Crippen LogP contribution in [-0.4, -0.2) is 42.7 Å². The number of carbonyl (C=O) groups excluding carboxylic acids is 1. The number of nitrogens with zero attached hydrogens (tertiary/aromatic N) is 2. The predicted octanol–water partition coefficient (Wildman–Crippen LogP) is 4.29. The number of aromatic nitrogens is 1. The Morgan fingerprint density at radius 1 is 1.07 bits per heavy atom. The number of para-hydroxylation sites is 1. The average Bonchev–Trinajstić information content (AvgIpc) is 2.73. The van der Waals surface area contributed by atoms with E-state index in [0.717, 1.165) is 55.9 Å². The Morgan fingerprint density at radius 3 is 2.61 bits per heavy atom. The molecule has 0 atom stereocenters. The van der Waals surface area contributed by atoms with Gasteiger partial charge in [-0.2, -0.15) is 0 Å². The summed E-state index contributed by atoms with van der Waals surface area (Å²) in [6.45, 7) is 4.76. The summed E-state index contributed by atoms with van der Waals surface area (Å²) in [5.74, 6) is 1.74. The number of methoxy groups -OCH3 is 1. The van der Waals surface area contributed by atoms with E-state index < -0.39 is 0 Å². The van der Waals surface area contributed by atoms with Crippen LogP contribution in [0.1, 0.15) is 38.2 Å². The molecule has 0 saturated heterocycles. The van der Waals surface area contributed by atoms with Crippen LogP contribution >= 0.6 is 0 Å². The highest BCUT2D eigenvalue weighted by Gasteiger charge is 2.14. The Labute approximate surface area is 168 Å². The summed E-state index contributed by atoms with van der Waals surface area (Å²) in [4.78, 5) is 18.6. The fourth-order valence-corrected chi connectivity index (χ4v) is 3.02. The third-order valence-corrected chi connectivity index (χ3v) is 4.49. The van der Waals surface area contributed by atoms with Gasteiger partial charge in [-0.1, -0.05) is 37.1 Å². The van der Waals surface area contributed by atoms with Crippen LogP contribution in [-0.2, 0) is 6.54 Å². The Bertz CT molecular complexity index is 694. The van der Waals surface area contributed by atoms with Crippen molar-refractivity contribution in [3.63, 3.8) is 0 Å². The van der Waals surface area contributed by atoms with Gasteiger partial charge in [-0.05, 0) is 38.0 Å². The first-order valence-electron chi connectivity index (χ1n) is 10.0. The fourth-order valence-electron chi connectivity index (χ4n) is 3.02. The molecule has 2 rings (SSSR count). The lowest BCUT2D eigenvalue weighted by Crippen LogP contribution is -2.40. The van der Waals surface area contributed by atoms with Gasteiger partial charge in [0.05, 0.1) is 13.7 Å². The van der Waals surface area contributed by atoms with Crippen molar-refractivity contribution >= 4 is 11.8 Å². The maximum absolute atomic E-state index is 12.4. The van der Waals surface area contributed by atoms with E-state index in [9.17, 15) is 4.79 Å². The van der Waals surface area contributed by atoms with Crippen LogP contribution < -0.4 is 15.4 Å². The molecular weight excluding hydrogens is 352 g/mol. The summed E-state index contributed by atoms with van der Waals surface area (Å²) in [7, 11) is 1.66. The molecule has 2 amide bonds. The molecule has 0 unspecified atom stereocenters. The molecule has 0 saturated carbocycles. The van der Waals surface area contributed by atoms with E-state index in [1.165, 1.54) is 0 Å². The summed E-state index contributed by atoms with van der Waals surface area (Å²) in [6.07, 6.45) is 6.07. The minimum Gasteiger partial charge on any atom is -0.496 e. The minimum atomic E-state index is -0.0229. The number of ether oxygens (including phenoxy) is 1. The van der Waals surface area contributed by atoms with Crippen LogP contribution in [0.15, 0.2) is 48.7 Å². The summed E-state index contributed by atoms with van der Waals surface area (Å²) < 4.78 is 5.42. The molecule has 0 aliphatic carbocycles. The topological polar surface area (TPSA) is 66.5 Å². The molecule has 1 aromatic heterocycles. The van der Waals surface area contributed by atoms with E-state index in [-0.39, 0.29) is 6.03 Å². The first kappa shape index (κ1) is 21.5. The summed E-state index contributed by atoms with van der Waals surface area (Å²) in [5, 5.41) is 6.24. The summed E-state index contributed by atoms with van der Waals surface area (Å²) in [5.41, 5.74) is 1.02. The van der Waals surface area contributed by atoms with Gasteiger partial charge in [0.25, 0.3) is 0 Å². The number of anilines is 1. The van der Waals surface area contributed by atoms with Crippen molar-refractivity contribution in [3.8, 4) is 5.75 Å². The second-order valence-electron chi connectivity index (χ2n) is 6.62. The van der Waals surface area contributed by atoms with Crippen molar-refractivity contribution in [1.82, 2.24) is 15.2 Å². The van der Waals surface area contributed by atoms with Gasteiger partial charge >= 0.3 is 6.03 Å². The van der Waals surface area contributed by atoms with Crippen LogP contribution in [0.5, 0.6) is 5.75 Å². The third-order valence-electron chi connectivity index (χ3n) is 4.49. The van der Waals surface area contributed by atoms with E-state index in [4.69, 9.17) is 4.74 Å². The molecule has 1 heterocycles. The smallest absolute Gasteiger partial charge is 0.317 e. The average molecular weight is 385 g/mol. The SMILES string of the molecule is CCNC(=O)N(CCCCCCNc1ccccn1)Cc1ccccc1OC. The molecule has 28 heavy (non-hydrogen) atoms. The van der Waals surface area contributed by atoms with Gasteiger partial charge in [0, 0.05) is 31.4 Å². The first-order valence-corrected chi connectivity index (χ1v) is 10.0. The van der Waals surface area contributed by atoms with E-state index in [1.54, 1.807) is 13.3 Å². The molecular formula is C22H32N4O2. The van der Waals surface area contributed by atoms with E-state index in [0.29, 0.717) is 13.1 Å². The number of carbonyl (C=O) groups is 1. The largest absolute Gasteiger partial charge is 0.496 e. The first-order chi connectivity index (χ1) is 13.7. The molecule has 2 aromatic rings. The maximum Gasteiger partial charge on any atom is 0.317 e. The molecule has 2 N–H and O–H groups in total. The Balaban J connectivity index is 1.73. The molecule has 1 aromatic carbocycles. The molecule has 0 aliphatic rings. The quantitative estimate of drug-likeness (QED) is 0.536. The number of amides is 2. The van der Waals surface area contributed by atoms with Crippen LogP contribution in [0.4, 0.5) is 10.6 Å². The lowest BCUT2D eigenvalue weighted by Gasteiger charge is -2.24. The lowest BCUT2D eigenvalue weighted by molar-refractivity contribution is 0.193. The number of urea groups is 1.